The van der Waals surface area contributed by atoms with Crippen molar-refractivity contribution in [2.75, 3.05) is 0 Å². The summed E-state index contributed by atoms with van der Waals surface area (Å²) in [4.78, 5) is 18.9. The van der Waals surface area contributed by atoms with E-state index >= 15 is 0 Å². The van der Waals surface area contributed by atoms with Gasteiger partial charge in [0.05, 0.1) is 0 Å². The second-order valence-corrected chi connectivity index (χ2v) is 0.860. The van der Waals surface area contributed by atoms with Crippen molar-refractivity contribution in [2.45, 2.75) is 0 Å². The van der Waals surface area contributed by atoms with Gasteiger partial charge in [0.1, 0.15) is 0 Å². The van der Waals surface area contributed by atoms with Gasteiger partial charge in [-0.05, 0) is 0 Å². The molecule has 0 aliphatic rings. The van der Waals surface area contributed by atoms with Gasteiger partial charge in [-0.1, -0.05) is 0 Å². The van der Waals surface area contributed by atoms with E-state index in [0.29, 0.717) is 0 Å². The van der Waals surface area contributed by atoms with Gasteiger partial charge in [-0.3, -0.25) is 0 Å². The van der Waals surface area contributed by atoms with Crippen LogP contribution in [0, 0.1) is 11.8 Å². The monoisotopic (exact) mass is 154 g/mol. The molecule has 0 unspecified atom stereocenters. The molecule has 0 saturated heterocycles. The summed E-state index contributed by atoms with van der Waals surface area (Å²) in [5, 5.41) is 15.5. The Kier molecular flexibility index (Phi) is 8.26. The van der Waals surface area contributed by atoms with E-state index in [1.54, 1.807) is 0 Å². The van der Waals surface area contributed by atoms with Gasteiger partial charge >= 0.3 is 63.3 Å². The molecule has 9 heavy (non-hydrogen) atoms. The van der Waals surface area contributed by atoms with E-state index in [0.717, 1.165) is 0 Å². The molecule has 0 heterocycles. The number of hydrogen-bond donors (Lipinski definition) is 2. The van der Waals surface area contributed by atoms with Crippen LogP contribution in [0.5, 0.6) is 0 Å². The average molecular weight is 154 g/mol. The van der Waals surface area contributed by atoms with Crippen molar-refractivity contribution >= 4 is 63.3 Å². The first-order valence-electron chi connectivity index (χ1n) is 1.61. The van der Waals surface area contributed by atoms with E-state index in [1.165, 1.54) is 11.8 Å². The molecule has 44 valence electrons. The van der Waals surface area contributed by atoms with Gasteiger partial charge in [0, 0.05) is 11.8 Å². The molecule has 0 aromatic heterocycles. The predicted molar refractivity (Wildman–Crippen MR) is 30.2 cm³/mol. The standard InChI is InChI=1S/C4H2O4.K.H/c5-3(6)1-2-4(7)8;;/h(H,5,6)(H,7,8);;. The molecule has 2 N–H and O–H groups in total. The van der Waals surface area contributed by atoms with Gasteiger partial charge in [-0.25, -0.2) is 9.59 Å². The van der Waals surface area contributed by atoms with Crippen molar-refractivity contribution in [3.63, 3.8) is 0 Å². The van der Waals surface area contributed by atoms with Crippen LogP contribution < -0.4 is 0 Å². The Morgan fingerprint density at radius 3 is 1.33 bits per heavy atom. The predicted octanol–water partition coefficient (Wildman–Crippen LogP) is -1.49. The Balaban J connectivity index is 0. The molecule has 4 nitrogen and oxygen atoms in total. The maximum atomic E-state index is 9.47. The summed E-state index contributed by atoms with van der Waals surface area (Å²) in [7, 11) is 0. The molecule has 0 bridgehead atoms. The zero-order chi connectivity index (χ0) is 6.57. The van der Waals surface area contributed by atoms with Crippen LogP contribution in [0.2, 0.25) is 0 Å². The van der Waals surface area contributed by atoms with Gasteiger partial charge < -0.3 is 10.2 Å². The summed E-state index contributed by atoms with van der Waals surface area (Å²) >= 11 is 0. The van der Waals surface area contributed by atoms with Crippen molar-refractivity contribution in [1.29, 1.82) is 0 Å². The number of aliphatic carboxylic acids is 2. The molecular formula is C4H3KO4. The van der Waals surface area contributed by atoms with Gasteiger partial charge in [-0.2, -0.15) is 0 Å². The van der Waals surface area contributed by atoms with Gasteiger partial charge in [0.15, 0.2) is 0 Å². The molecule has 0 amide bonds. The third kappa shape index (κ3) is 11.6. The molecule has 0 rings (SSSR count). The van der Waals surface area contributed by atoms with Crippen molar-refractivity contribution in [3.8, 4) is 11.8 Å². The average Bonchev–Trinajstić information content (AvgIpc) is 1.61. The number of carboxylic acids is 2. The van der Waals surface area contributed by atoms with Crippen molar-refractivity contribution in [2.24, 2.45) is 0 Å². The quantitative estimate of drug-likeness (QED) is 0.329. The second-order valence-electron chi connectivity index (χ2n) is 0.860. The van der Waals surface area contributed by atoms with Gasteiger partial charge in [0.2, 0.25) is 0 Å². The third-order valence-corrected chi connectivity index (χ3v) is 0.276. The molecule has 0 aliphatic carbocycles. The van der Waals surface area contributed by atoms with Crippen LogP contribution >= 0.6 is 0 Å². The van der Waals surface area contributed by atoms with Crippen molar-refractivity contribution < 1.29 is 19.8 Å². The Bertz CT molecular complexity index is 157. The normalized spacial score (nSPS) is 5.78. The fourth-order valence-corrected chi connectivity index (χ4v) is 0.107. The summed E-state index contributed by atoms with van der Waals surface area (Å²) in [6, 6.07) is 0. The second kappa shape index (κ2) is 6.26. The van der Waals surface area contributed by atoms with E-state index in [1.807, 2.05) is 0 Å². The van der Waals surface area contributed by atoms with E-state index < -0.39 is 11.9 Å². The number of carboxylic acid groups (broad SMARTS) is 2. The number of hydrogen-bond acceptors (Lipinski definition) is 2. The molecule has 0 saturated carbocycles. The molecule has 0 aliphatic heterocycles. The van der Waals surface area contributed by atoms with E-state index in [9.17, 15) is 9.59 Å². The summed E-state index contributed by atoms with van der Waals surface area (Å²) in [6.45, 7) is 0. The van der Waals surface area contributed by atoms with Crippen LogP contribution in [-0.2, 0) is 9.59 Å². The first kappa shape index (κ1) is 11.9. The first-order chi connectivity index (χ1) is 3.63. The molecule has 0 radical (unpaired) electrons. The fourth-order valence-electron chi connectivity index (χ4n) is 0.107. The third-order valence-electron chi connectivity index (χ3n) is 0.276. The van der Waals surface area contributed by atoms with Crippen LogP contribution in [0.15, 0.2) is 0 Å². The summed E-state index contributed by atoms with van der Waals surface area (Å²) in [5.41, 5.74) is 0. The molecule has 0 aromatic carbocycles. The molecule has 5 heteroatoms. The number of rotatable bonds is 0. The number of carbonyl (C=O) groups is 2. The summed E-state index contributed by atoms with van der Waals surface area (Å²) < 4.78 is 0. The van der Waals surface area contributed by atoms with Crippen LogP contribution in [0.3, 0.4) is 0 Å². The minimum absolute atomic E-state index is 0. The zero-order valence-corrected chi connectivity index (χ0v) is 3.71. The SMILES string of the molecule is O=C(O)C#CC(=O)O.[KH]. The Morgan fingerprint density at radius 2 is 1.22 bits per heavy atom. The van der Waals surface area contributed by atoms with Gasteiger partial charge in [-0.15, -0.1) is 0 Å². The van der Waals surface area contributed by atoms with E-state index in [2.05, 4.69) is 0 Å². The molecule has 0 atom stereocenters. The van der Waals surface area contributed by atoms with E-state index in [4.69, 9.17) is 10.2 Å². The minimum atomic E-state index is -1.44. The Labute approximate surface area is 93.7 Å². The van der Waals surface area contributed by atoms with Crippen LogP contribution in [0.1, 0.15) is 0 Å². The van der Waals surface area contributed by atoms with Crippen LogP contribution in [-0.4, -0.2) is 73.5 Å². The topological polar surface area (TPSA) is 74.6 Å². The molecule has 0 spiro atoms. The maximum absolute atomic E-state index is 9.47. The Hall–Kier alpha value is 0.136. The van der Waals surface area contributed by atoms with Crippen molar-refractivity contribution in [3.05, 3.63) is 0 Å². The van der Waals surface area contributed by atoms with Gasteiger partial charge in [0.25, 0.3) is 0 Å². The molecular weight excluding hydrogens is 151 g/mol. The van der Waals surface area contributed by atoms with Crippen molar-refractivity contribution in [1.82, 2.24) is 0 Å². The summed E-state index contributed by atoms with van der Waals surface area (Å²) in [6.07, 6.45) is 0. The van der Waals surface area contributed by atoms with Crippen LogP contribution in [0.4, 0.5) is 0 Å². The Morgan fingerprint density at radius 1 is 1.00 bits per heavy atom. The first-order valence-corrected chi connectivity index (χ1v) is 1.61. The molecule has 0 fully saturated rings. The fraction of sp³-hybridized carbons (Fsp3) is 0. The van der Waals surface area contributed by atoms with E-state index in [-0.39, 0.29) is 51.4 Å². The summed E-state index contributed by atoms with van der Waals surface area (Å²) in [5.74, 6) is -0.0511. The van der Waals surface area contributed by atoms with Crippen LogP contribution in [0.25, 0.3) is 0 Å². The molecule has 0 aromatic rings. The zero-order valence-electron chi connectivity index (χ0n) is 3.71.